The van der Waals surface area contributed by atoms with Gasteiger partial charge in [0.05, 0.1) is 11.7 Å². The summed E-state index contributed by atoms with van der Waals surface area (Å²) in [6.07, 6.45) is 3.58. The number of carbonyl (C=O) groups excluding carboxylic acids is 3. The standard InChI is InChI=1S/C21H23N6O8PS2/c1-33-24-14(13-11-38-21(22-13)25-36(32,34-2)35-3)17(28)23-15-18(29)27-16(20(30)31)12(10-37-19(15)27)9-26-7-5-4-6-8-26/h4-8,11,15,19H,9-10H2,1-3H3,(H2-,22,23,25,28,30,31,32)/t15?,19-/m1/s1. The van der Waals surface area contributed by atoms with E-state index < -0.39 is 36.9 Å². The molecule has 38 heavy (non-hydrogen) atoms. The molecule has 17 heteroatoms. The van der Waals surface area contributed by atoms with Gasteiger partial charge >= 0.3 is 7.75 Å². The fourth-order valence-corrected chi connectivity index (χ4v) is 6.81. The third-order valence-corrected chi connectivity index (χ3v) is 9.23. The molecule has 2 amide bonds. The number of β-lactam (4-membered cyclic amide) rings is 1. The van der Waals surface area contributed by atoms with Crippen LogP contribution in [0.1, 0.15) is 5.69 Å². The lowest BCUT2D eigenvalue weighted by molar-refractivity contribution is -0.689. The Bertz CT molecular complexity index is 1340. The SMILES string of the molecule is CON=C(C(=O)NC1C(=O)N2C(C(=O)[O-])=C(C[n+]3ccccc3)CS[C@H]12)c1csc(NP(=O)(OC)OC)n1. The molecule has 14 nitrogen and oxygen atoms in total. The van der Waals surface area contributed by atoms with Crippen molar-refractivity contribution in [3.63, 3.8) is 0 Å². The Kier molecular flexibility index (Phi) is 8.47. The zero-order valence-electron chi connectivity index (χ0n) is 20.4. The fraction of sp³-hybridized carbons (Fsp3) is 0.333. The summed E-state index contributed by atoms with van der Waals surface area (Å²) in [5.41, 5.74) is 0.162. The van der Waals surface area contributed by atoms with Gasteiger partial charge in [0.25, 0.3) is 11.8 Å². The van der Waals surface area contributed by atoms with Crippen LogP contribution in [0.3, 0.4) is 0 Å². The van der Waals surface area contributed by atoms with E-state index >= 15 is 0 Å². The zero-order valence-corrected chi connectivity index (χ0v) is 22.9. The summed E-state index contributed by atoms with van der Waals surface area (Å²) in [4.78, 5) is 48.2. The number of pyridine rings is 1. The number of anilines is 1. The van der Waals surface area contributed by atoms with Gasteiger partial charge in [-0.3, -0.25) is 28.6 Å². The van der Waals surface area contributed by atoms with E-state index in [0.717, 1.165) is 16.2 Å². The summed E-state index contributed by atoms with van der Waals surface area (Å²) in [6.45, 7) is 0.272. The Balaban J connectivity index is 1.50. The van der Waals surface area contributed by atoms with Crippen LogP contribution in [0.4, 0.5) is 5.13 Å². The van der Waals surface area contributed by atoms with Crippen LogP contribution in [-0.4, -0.2) is 71.9 Å². The zero-order chi connectivity index (χ0) is 27.4. The summed E-state index contributed by atoms with van der Waals surface area (Å²) in [5, 5.41) is 21.8. The van der Waals surface area contributed by atoms with Crippen LogP contribution >= 0.6 is 30.8 Å². The molecule has 2 aromatic rings. The van der Waals surface area contributed by atoms with E-state index in [2.05, 4.69) is 20.5 Å². The Labute approximate surface area is 225 Å². The second-order valence-corrected chi connectivity index (χ2v) is 11.7. The van der Waals surface area contributed by atoms with Crippen molar-refractivity contribution in [2.24, 2.45) is 5.16 Å². The number of aromatic nitrogens is 2. The average Bonchev–Trinajstić information content (AvgIpc) is 3.37. The Morgan fingerprint density at radius 3 is 2.61 bits per heavy atom. The number of thioether (sulfide) groups is 1. The average molecular weight is 583 g/mol. The second-order valence-electron chi connectivity index (χ2n) is 7.78. The van der Waals surface area contributed by atoms with Gasteiger partial charge in [0.2, 0.25) is 0 Å². The molecule has 1 fully saturated rings. The van der Waals surface area contributed by atoms with E-state index in [1.54, 1.807) is 17.0 Å². The van der Waals surface area contributed by atoms with Gasteiger partial charge in [0.15, 0.2) is 29.8 Å². The number of carboxylic acids is 1. The number of thiazole rings is 1. The van der Waals surface area contributed by atoms with E-state index in [0.29, 0.717) is 11.3 Å². The van der Waals surface area contributed by atoms with E-state index in [1.165, 1.54) is 38.5 Å². The van der Waals surface area contributed by atoms with Gasteiger partial charge in [-0.15, -0.1) is 23.1 Å². The number of hydrogen-bond donors (Lipinski definition) is 2. The highest BCUT2D eigenvalue weighted by Gasteiger charge is 2.53. The first-order chi connectivity index (χ1) is 18.2. The van der Waals surface area contributed by atoms with Crippen LogP contribution in [0.25, 0.3) is 0 Å². The molecule has 202 valence electrons. The highest BCUT2D eigenvalue weighted by atomic mass is 32.2. The van der Waals surface area contributed by atoms with Crippen LogP contribution in [0.5, 0.6) is 0 Å². The van der Waals surface area contributed by atoms with Gasteiger partial charge < -0.3 is 20.1 Å². The first-order valence-corrected chi connectivity index (χ1v) is 14.4. The fourth-order valence-electron chi connectivity index (χ4n) is 3.78. The molecule has 2 N–H and O–H groups in total. The van der Waals surface area contributed by atoms with Crippen molar-refractivity contribution in [1.82, 2.24) is 15.2 Å². The number of nitrogens with one attached hydrogen (secondary N) is 2. The highest BCUT2D eigenvalue weighted by molar-refractivity contribution is 8.00. The number of hydrogen-bond acceptors (Lipinski definition) is 12. The van der Waals surface area contributed by atoms with Crippen LogP contribution < -0.4 is 20.1 Å². The van der Waals surface area contributed by atoms with Crippen molar-refractivity contribution in [3.8, 4) is 0 Å². The number of fused-ring (bicyclic) bond motifs is 1. The van der Waals surface area contributed by atoms with E-state index in [-0.39, 0.29) is 28.8 Å². The molecule has 0 saturated carbocycles. The molecule has 4 heterocycles. The lowest BCUT2D eigenvalue weighted by Crippen LogP contribution is -2.71. The molecule has 2 aliphatic rings. The van der Waals surface area contributed by atoms with E-state index in [4.69, 9.17) is 13.9 Å². The van der Waals surface area contributed by atoms with E-state index in [1.807, 2.05) is 18.2 Å². The molecule has 0 aromatic carbocycles. The summed E-state index contributed by atoms with van der Waals surface area (Å²) in [6, 6.07) is 4.46. The highest BCUT2D eigenvalue weighted by Crippen LogP contribution is 2.46. The van der Waals surface area contributed by atoms with Crippen LogP contribution in [0.15, 0.2) is 52.4 Å². The molecule has 4 rings (SSSR count). The predicted molar refractivity (Wildman–Crippen MR) is 135 cm³/mol. The third kappa shape index (κ3) is 5.59. The quantitative estimate of drug-likeness (QED) is 0.117. The van der Waals surface area contributed by atoms with Crippen LogP contribution in [0.2, 0.25) is 0 Å². The molecule has 2 aromatic heterocycles. The van der Waals surface area contributed by atoms with Crippen molar-refractivity contribution in [2.75, 3.05) is 32.2 Å². The van der Waals surface area contributed by atoms with Crippen LogP contribution in [0, 0.1) is 0 Å². The Morgan fingerprint density at radius 1 is 1.26 bits per heavy atom. The Morgan fingerprint density at radius 2 is 1.97 bits per heavy atom. The number of carboxylic acid groups (broad SMARTS) is 1. The van der Waals surface area contributed by atoms with Gasteiger partial charge in [-0.2, -0.15) is 0 Å². The maximum absolute atomic E-state index is 13.1. The molecule has 0 bridgehead atoms. The number of aliphatic carboxylic acids is 1. The molecule has 0 spiro atoms. The summed E-state index contributed by atoms with van der Waals surface area (Å²) < 4.78 is 23.7. The van der Waals surface area contributed by atoms with Gasteiger partial charge in [-0.1, -0.05) is 11.2 Å². The number of rotatable bonds is 11. The summed E-state index contributed by atoms with van der Waals surface area (Å²) in [5.74, 6) is -2.50. The Hall–Kier alpha value is -3.30. The van der Waals surface area contributed by atoms with Crippen LogP contribution in [-0.2, 0) is 39.4 Å². The van der Waals surface area contributed by atoms with Crippen molar-refractivity contribution in [2.45, 2.75) is 18.0 Å². The predicted octanol–water partition coefficient (Wildman–Crippen LogP) is -0.302. The normalized spacial score (nSPS) is 19.5. The molecule has 1 saturated heterocycles. The lowest BCUT2D eigenvalue weighted by atomic mass is 10.0. The molecular formula is C21H23N6O8PS2. The number of carbonyl (C=O) groups is 3. The molecular weight excluding hydrogens is 559 g/mol. The van der Waals surface area contributed by atoms with Crippen molar-refractivity contribution in [1.29, 1.82) is 0 Å². The number of amides is 2. The largest absolute Gasteiger partial charge is 0.543 e. The van der Waals surface area contributed by atoms with Crippen molar-refractivity contribution in [3.05, 3.63) is 52.9 Å². The van der Waals surface area contributed by atoms with Gasteiger partial charge in [-0.25, -0.2) is 14.1 Å². The van der Waals surface area contributed by atoms with Gasteiger partial charge in [-0.05, 0) is 0 Å². The second kappa shape index (κ2) is 11.6. The monoisotopic (exact) mass is 582 g/mol. The van der Waals surface area contributed by atoms with Gasteiger partial charge in [0, 0.05) is 43.1 Å². The minimum Gasteiger partial charge on any atom is -0.543 e. The number of oxime groups is 1. The minimum atomic E-state index is -3.63. The number of nitrogens with zero attached hydrogens (tertiary/aromatic N) is 4. The molecule has 2 aliphatic heterocycles. The maximum atomic E-state index is 13.1. The first kappa shape index (κ1) is 27.7. The first-order valence-electron chi connectivity index (χ1n) is 10.9. The summed E-state index contributed by atoms with van der Waals surface area (Å²) >= 11 is 2.34. The maximum Gasteiger partial charge on any atom is 0.433 e. The smallest absolute Gasteiger partial charge is 0.433 e. The molecule has 1 unspecified atom stereocenters. The molecule has 0 radical (unpaired) electrons. The minimum absolute atomic E-state index is 0.0769. The molecule has 2 atom stereocenters. The topological polar surface area (TPSA) is 175 Å². The third-order valence-electron chi connectivity index (χ3n) is 5.54. The van der Waals surface area contributed by atoms with Gasteiger partial charge in [0.1, 0.15) is 24.2 Å². The van der Waals surface area contributed by atoms with Crippen molar-refractivity contribution >= 4 is 59.5 Å². The van der Waals surface area contributed by atoms with E-state index in [9.17, 15) is 24.1 Å². The van der Waals surface area contributed by atoms with Crippen molar-refractivity contribution < 1.29 is 42.5 Å². The molecule has 0 aliphatic carbocycles. The lowest BCUT2D eigenvalue weighted by Gasteiger charge is -2.50. The summed E-state index contributed by atoms with van der Waals surface area (Å²) in [7, 11) is 0.00238.